The number of benzene rings is 2. The van der Waals surface area contributed by atoms with E-state index < -0.39 is 4.92 Å². The summed E-state index contributed by atoms with van der Waals surface area (Å²) in [6.45, 7) is 0. The van der Waals surface area contributed by atoms with Crippen molar-refractivity contribution in [2.75, 3.05) is 17.3 Å². The maximum absolute atomic E-state index is 10.7. The van der Waals surface area contributed by atoms with Crippen LogP contribution in [0.25, 0.3) is 0 Å². The molecular weight excluding hydrogens is 306 g/mol. The van der Waals surface area contributed by atoms with E-state index in [4.69, 9.17) is 0 Å². The van der Waals surface area contributed by atoms with Gasteiger partial charge in [0, 0.05) is 36.8 Å². The number of hydrogen-bond donors (Lipinski definition) is 1. The van der Waals surface area contributed by atoms with Gasteiger partial charge in [0.15, 0.2) is 0 Å². The summed E-state index contributed by atoms with van der Waals surface area (Å²) in [6.07, 6.45) is 1.66. The minimum absolute atomic E-state index is 0.0567. The fourth-order valence-electron chi connectivity index (χ4n) is 2.18. The summed E-state index contributed by atoms with van der Waals surface area (Å²) >= 11 is 0. The number of hydrogen-bond acceptors (Lipinski definition) is 6. The van der Waals surface area contributed by atoms with Gasteiger partial charge in [-0.1, -0.05) is 18.2 Å². The van der Waals surface area contributed by atoms with Gasteiger partial charge in [-0.05, 0) is 30.3 Å². The van der Waals surface area contributed by atoms with Crippen molar-refractivity contribution in [1.29, 1.82) is 0 Å². The Morgan fingerprint density at radius 2 is 1.75 bits per heavy atom. The average Bonchev–Trinajstić information content (AvgIpc) is 2.62. The van der Waals surface area contributed by atoms with Gasteiger partial charge in [0.1, 0.15) is 5.82 Å². The molecular formula is C17H15N5O2. The molecule has 0 amide bonds. The molecule has 1 aromatic heterocycles. The Morgan fingerprint density at radius 3 is 2.42 bits per heavy atom. The van der Waals surface area contributed by atoms with E-state index in [0.717, 1.165) is 11.4 Å². The summed E-state index contributed by atoms with van der Waals surface area (Å²) in [5.74, 6) is 1.16. The number of anilines is 4. The highest BCUT2D eigenvalue weighted by molar-refractivity contribution is 5.62. The van der Waals surface area contributed by atoms with Gasteiger partial charge in [-0.3, -0.25) is 10.1 Å². The lowest BCUT2D eigenvalue weighted by Gasteiger charge is -2.18. The molecule has 7 heteroatoms. The molecule has 0 bridgehead atoms. The van der Waals surface area contributed by atoms with E-state index in [2.05, 4.69) is 15.3 Å². The van der Waals surface area contributed by atoms with Gasteiger partial charge < -0.3 is 10.2 Å². The topological polar surface area (TPSA) is 84.2 Å². The number of para-hydroxylation sites is 1. The zero-order chi connectivity index (χ0) is 16.9. The average molecular weight is 321 g/mol. The first-order valence-electron chi connectivity index (χ1n) is 7.27. The van der Waals surface area contributed by atoms with Gasteiger partial charge in [0.25, 0.3) is 5.69 Å². The van der Waals surface area contributed by atoms with Crippen molar-refractivity contribution in [2.24, 2.45) is 0 Å². The van der Waals surface area contributed by atoms with Crippen molar-refractivity contribution in [3.8, 4) is 0 Å². The summed E-state index contributed by atoms with van der Waals surface area (Å²) in [7, 11) is 1.84. The van der Waals surface area contributed by atoms with Crippen molar-refractivity contribution in [2.45, 2.75) is 0 Å². The van der Waals surface area contributed by atoms with Crippen molar-refractivity contribution < 1.29 is 4.92 Å². The quantitative estimate of drug-likeness (QED) is 0.567. The Hall–Kier alpha value is -3.48. The lowest BCUT2D eigenvalue weighted by atomic mass is 10.2. The number of nitro groups is 1. The van der Waals surface area contributed by atoms with E-state index in [1.54, 1.807) is 24.4 Å². The number of rotatable bonds is 5. The summed E-state index contributed by atoms with van der Waals surface area (Å²) in [5, 5.41) is 13.9. The van der Waals surface area contributed by atoms with Crippen molar-refractivity contribution in [3.05, 3.63) is 77.0 Å². The van der Waals surface area contributed by atoms with Crippen LogP contribution in [0.3, 0.4) is 0 Å². The van der Waals surface area contributed by atoms with Gasteiger partial charge in [-0.15, -0.1) is 0 Å². The van der Waals surface area contributed by atoms with Crippen molar-refractivity contribution in [1.82, 2.24) is 9.97 Å². The van der Waals surface area contributed by atoms with Gasteiger partial charge >= 0.3 is 0 Å². The van der Waals surface area contributed by atoms with E-state index in [-0.39, 0.29) is 5.69 Å². The Balaban J connectivity index is 1.81. The number of aromatic nitrogens is 2. The first kappa shape index (κ1) is 15.4. The van der Waals surface area contributed by atoms with Gasteiger partial charge in [0.05, 0.1) is 4.92 Å². The molecule has 0 saturated heterocycles. The zero-order valence-corrected chi connectivity index (χ0v) is 13.0. The Kier molecular flexibility index (Phi) is 4.33. The first-order valence-corrected chi connectivity index (χ1v) is 7.27. The predicted molar refractivity (Wildman–Crippen MR) is 92.9 cm³/mol. The summed E-state index contributed by atoms with van der Waals surface area (Å²) in [4.78, 5) is 20.8. The van der Waals surface area contributed by atoms with E-state index in [9.17, 15) is 10.1 Å². The molecule has 0 unspecified atom stereocenters. The third kappa shape index (κ3) is 3.46. The number of nitrogens with zero attached hydrogens (tertiary/aromatic N) is 4. The van der Waals surface area contributed by atoms with Crippen LogP contribution in [0.2, 0.25) is 0 Å². The summed E-state index contributed by atoms with van der Waals surface area (Å²) < 4.78 is 0. The highest BCUT2D eigenvalue weighted by atomic mass is 16.6. The third-order valence-electron chi connectivity index (χ3n) is 3.46. The van der Waals surface area contributed by atoms with Crippen LogP contribution in [0.4, 0.5) is 28.8 Å². The Labute approximate surface area is 138 Å². The minimum atomic E-state index is -0.420. The largest absolute Gasteiger partial charge is 0.329 e. The molecule has 0 fully saturated rings. The van der Waals surface area contributed by atoms with Crippen LogP contribution < -0.4 is 10.2 Å². The van der Waals surface area contributed by atoms with Crippen LogP contribution in [0.5, 0.6) is 0 Å². The van der Waals surface area contributed by atoms with E-state index in [0.29, 0.717) is 11.8 Å². The molecule has 7 nitrogen and oxygen atoms in total. The molecule has 3 aromatic rings. The molecule has 0 atom stereocenters. The molecule has 2 aromatic carbocycles. The molecule has 3 rings (SSSR count). The van der Waals surface area contributed by atoms with Crippen molar-refractivity contribution in [3.63, 3.8) is 0 Å². The molecule has 0 radical (unpaired) electrons. The summed E-state index contributed by atoms with van der Waals surface area (Å²) in [5.41, 5.74) is 1.75. The normalized spacial score (nSPS) is 10.2. The highest BCUT2D eigenvalue weighted by Gasteiger charge is 2.10. The van der Waals surface area contributed by atoms with E-state index in [1.165, 1.54) is 12.1 Å². The molecule has 1 heterocycles. The standard InChI is InChI=1S/C17H15N5O2/c1-21(14-7-9-15(10-8-14)22(23)24)16-11-12-18-17(20-16)19-13-5-3-2-4-6-13/h2-12H,1H3,(H,18,19,20). The highest BCUT2D eigenvalue weighted by Crippen LogP contribution is 2.25. The fourth-order valence-corrected chi connectivity index (χ4v) is 2.18. The number of nitrogens with one attached hydrogen (secondary N) is 1. The summed E-state index contributed by atoms with van der Waals surface area (Å²) in [6, 6.07) is 17.7. The van der Waals surface area contributed by atoms with Crippen LogP contribution in [0.1, 0.15) is 0 Å². The Morgan fingerprint density at radius 1 is 1.04 bits per heavy atom. The van der Waals surface area contributed by atoms with E-state index in [1.807, 2.05) is 42.3 Å². The van der Waals surface area contributed by atoms with Crippen LogP contribution in [0, 0.1) is 10.1 Å². The van der Waals surface area contributed by atoms with Gasteiger partial charge in [0.2, 0.25) is 5.95 Å². The predicted octanol–water partition coefficient (Wildman–Crippen LogP) is 3.90. The number of non-ortho nitro benzene ring substituents is 1. The maximum Gasteiger partial charge on any atom is 0.269 e. The third-order valence-corrected chi connectivity index (χ3v) is 3.46. The van der Waals surface area contributed by atoms with Crippen LogP contribution in [-0.4, -0.2) is 21.9 Å². The van der Waals surface area contributed by atoms with Gasteiger partial charge in [-0.2, -0.15) is 4.98 Å². The van der Waals surface area contributed by atoms with Crippen molar-refractivity contribution >= 4 is 28.8 Å². The van der Waals surface area contributed by atoms with Crippen LogP contribution in [-0.2, 0) is 0 Å². The molecule has 1 N–H and O–H groups in total. The Bertz CT molecular complexity index is 837. The second-order valence-electron chi connectivity index (χ2n) is 5.06. The maximum atomic E-state index is 10.7. The smallest absolute Gasteiger partial charge is 0.269 e. The van der Waals surface area contributed by atoms with Gasteiger partial charge in [-0.25, -0.2) is 4.98 Å². The first-order chi connectivity index (χ1) is 11.6. The molecule has 24 heavy (non-hydrogen) atoms. The molecule has 0 saturated carbocycles. The molecule has 0 aliphatic heterocycles. The van der Waals surface area contributed by atoms with Crippen LogP contribution in [0.15, 0.2) is 66.9 Å². The van der Waals surface area contributed by atoms with E-state index >= 15 is 0 Å². The number of nitro benzene ring substituents is 1. The molecule has 0 aliphatic carbocycles. The zero-order valence-electron chi connectivity index (χ0n) is 13.0. The van der Waals surface area contributed by atoms with Crippen LogP contribution >= 0.6 is 0 Å². The second-order valence-corrected chi connectivity index (χ2v) is 5.06. The lowest BCUT2D eigenvalue weighted by molar-refractivity contribution is -0.384. The monoisotopic (exact) mass is 321 g/mol. The molecule has 120 valence electrons. The second kappa shape index (κ2) is 6.74. The fraction of sp³-hybridized carbons (Fsp3) is 0.0588. The SMILES string of the molecule is CN(c1ccc([N+](=O)[O-])cc1)c1ccnc(Nc2ccccc2)n1. The minimum Gasteiger partial charge on any atom is -0.329 e. The molecule has 0 spiro atoms. The lowest BCUT2D eigenvalue weighted by Crippen LogP contribution is -2.12. The molecule has 0 aliphatic rings.